The monoisotopic (exact) mass is 411 g/mol. The minimum absolute atomic E-state index is 0.0155. The first kappa shape index (κ1) is 18.3. The van der Waals surface area contributed by atoms with Gasteiger partial charge in [-0.15, -0.1) is 0 Å². The van der Waals surface area contributed by atoms with Gasteiger partial charge in [0.1, 0.15) is 11.6 Å². The van der Waals surface area contributed by atoms with E-state index in [2.05, 4.69) is 20.4 Å². The van der Waals surface area contributed by atoms with E-state index in [0.717, 1.165) is 29.8 Å². The van der Waals surface area contributed by atoms with Crippen molar-refractivity contribution < 1.29 is 23.2 Å². The maximum Gasteiger partial charge on any atom is 0.407 e. The molecule has 2 amide bonds. The maximum absolute atomic E-state index is 13.3. The van der Waals surface area contributed by atoms with E-state index in [1.54, 1.807) is 6.07 Å². The molecule has 3 aromatic rings. The first-order valence-electron chi connectivity index (χ1n) is 9.48. The number of nitrogens with two attached hydrogens (primary N) is 1. The maximum atomic E-state index is 13.3. The molecule has 154 valence electrons. The molecule has 10 heteroatoms. The summed E-state index contributed by atoms with van der Waals surface area (Å²) in [5.41, 5.74) is 5.83. The van der Waals surface area contributed by atoms with Crippen LogP contribution in [0.5, 0.6) is 0 Å². The summed E-state index contributed by atoms with van der Waals surface area (Å²) >= 11 is 0. The van der Waals surface area contributed by atoms with Crippen LogP contribution in [0.4, 0.5) is 15.0 Å². The minimum Gasteiger partial charge on any atom is -0.441 e. The number of aromatic nitrogens is 2. The van der Waals surface area contributed by atoms with Crippen LogP contribution < -0.4 is 16.0 Å². The van der Waals surface area contributed by atoms with E-state index in [4.69, 9.17) is 15.0 Å². The van der Waals surface area contributed by atoms with Gasteiger partial charge < -0.3 is 25.2 Å². The molecule has 0 radical (unpaired) electrons. The van der Waals surface area contributed by atoms with Crippen LogP contribution in [-0.2, 0) is 11.3 Å². The number of pyridine rings is 1. The number of anilines is 1. The quantitative estimate of drug-likeness (QED) is 0.656. The van der Waals surface area contributed by atoms with Crippen LogP contribution in [0.3, 0.4) is 0 Å². The number of nitrogens with zero attached hydrogens (tertiary/aromatic N) is 3. The fourth-order valence-electron chi connectivity index (χ4n) is 4.00. The first-order chi connectivity index (χ1) is 14.5. The van der Waals surface area contributed by atoms with E-state index in [1.807, 2.05) is 12.1 Å². The third kappa shape index (κ3) is 3.40. The number of halogens is 1. The molecule has 1 saturated heterocycles. The zero-order valence-electron chi connectivity index (χ0n) is 15.7. The van der Waals surface area contributed by atoms with Crippen molar-refractivity contribution in [3.63, 3.8) is 0 Å². The van der Waals surface area contributed by atoms with Crippen LogP contribution in [0.15, 0.2) is 40.9 Å². The van der Waals surface area contributed by atoms with Crippen molar-refractivity contribution in [1.29, 1.82) is 0 Å². The number of ether oxygens (including phenoxy) is 1. The number of benzene rings is 1. The molecule has 2 aromatic heterocycles. The predicted molar refractivity (Wildman–Crippen MR) is 103 cm³/mol. The number of primary amides is 1. The summed E-state index contributed by atoms with van der Waals surface area (Å²) in [5, 5.41) is 7.11. The number of carbonyl (C=O) groups excluding carboxylic acids is 2. The summed E-state index contributed by atoms with van der Waals surface area (Å²) in [6, 6.07) is 9.69. The van der Waals surface area contributed by atoms with E-state index < -0.39 is 12.0 Å². The number of carbonyl (C=O) groups is 2. The molecule has 2 atom stereocenters. The average molecular weight is 411 g/mol. The van der Waals surface area contributed by atoms with Gasteiger partial charge in [0.2, 0.25) is 0 Å². The lowest BCUT2D eigenvalue weighted by Crippen LogP contribution is -2.35. The molecule has 30 heavy (non-hydrogen) atoms. The van der Waals surface area contributed by atoms with Gasteiger partial charge in [0.25, 0.3) is 5.91 Å². The van der Waals surface area contributed by atoms with Crippen LogP contribution in [-0.4, -0.2) is 41.3 Å². The van der Waals surface area contributed by atoms with Gasteiger partial charge in [-0.25, -0.2) is 14.2 Å². The number of nitrogens with one attached hydrogen (secondary N) is 1. The second-order valence-electron chi connectivity index (χ2n) is 7.53. The molecule has 2 fully saturated rings. The van der Waals surface area contributed by atoms with Gasteiger partial charge in [-0.2, -0.15) is 0 Å². The Hall–Kier alpha value is -3.69. The van der Waals surface area contributed by atoms with Crippen LogP contribution in [0.1, 0.15) is 16.2 Å². The minimum atomic E-state index is -0.710. The molecule has 1 aliphatic carbocycles. The Balaban J connectivity index is 1.12. The Morgan fingerprint density at radius 1 is 1.23 bits per heavy atom. The molecule has 0 spiro atoms. The Kier molecular flexibility index (Phi) is 4.27. The van der Waals surface area contributed by atoms with Crippen LogP contribution in [0, 0.1) is 17.7 Å². The topological polar surface area (TPSA) is 124 Å². The molecule has 2 aliphatic rings. The summed E-state index contributed by atoms with van der Waals surface area (Å²) in [7, 11) is 0. The first-order valence-corrected chi connectivity index (χ1v) is 9.48. The van der Waals surface area contributed by atoms with Crippen LogP contribution >= 0.6 is 0 Å². The molecule has 1 aliphatic heterocycles. The van der Waals surface area contributed by atoms with Crippen molar-refractivity contribution in [3.8, 4) is 0 Å². The van der Waals surface area contributed by atoms with Gasteiger partial charge in [-0.05, 0) is 30.3 Å². The van der Waals surface area contributed by atoms with Gasteiger partial charge in [0.15, 0.2) is 18.1 Å². The number of piperidine rings is 1. The van der Waals surface area contributed by atoms with Crippen molar-refractivity contribution in [2.45, 2.75) is 12.6 Å². The van der Waals surface area contributed by atoms with E-state index in [0.29, 0.717) is 11.8 Å². The Morgan fingerprint density at radius 2 is 2.03 bits per heavy atom. The smallest absolute Gasteiger partial charge is 0.407 e. The highest BCUT2D eigenvalue weighted by atomic mass is 19.1. The standard InChI is InChI=1S/C20H18FN5O4/c21-11-2-3-15-10(5-11)1-4-17(23-15)26-7-13-14(8-26)18(13)24-20(28)29-9-12-6-16(19(22)27)25-30-12/h1-6,13-14,18H,7-9H2,(H2,22,27)(H,24,28). The Labute approximate surface area is 170 Å². The van der Waals surface area contributed by atoms with Crippen molar-refractivity contribution in [1.82, 2.24) is 15.5 Å². The lowest BCUT2D eigenvalue weighted by molar-refractivity contribution is 0.0989. The average Bonchev–Trinajstić information content (AvgIpc) is 3.11. The molecule has 3 N–H and O–H groups in total. The van der Waals surface area contributed by atoms with Crippen molar-refractivity contribution in [3.05, 3.63) is 53.7 Å². The van der Waals surface area contributed by atoms with Crippen LogP contribution in [0.25, 0.3) is 10.9 Å². The molecule has 1 aromatic carbocycles. The highest BCUT2D eigenvalue weighted by molar-refractivity contribution is 5.90. The van der Waals surface area contributed by atoms with Crippen molar-refractivity contribution in [2.75, 3.05) is 18.0 Å². The largest absolute Gasteiger partial charge is 0.441 e. The number of rotatable bonds is 5. The molecule has 2 unspecified atom stereocenters. The predicted octanol–water partition coefficient (Wildman–Crippen LogP) is 1.82. The third-order valence-corrected chi connectivity index (χ3v) is 5.60. The summed E-state index contributed by atoms with van der Waals surface area (Å²) in [6.07, 6.45) is -0.552. The molecule has 9 nitrogen and oxygen atoms in total. The highest BCUT2D eigenvalue weighted by Gasteiger charge is 2.57. The Bertz CT molecular complexity index is 1140. The van der Waals surface area contributed by atoms with E-state index in [-0.39, 0.29) is 29.9 Å². The zero-order valence-corrected chi connectivity index (χ0v) is 15.7. The zero-order chi connectivity index (χ0) is 20.8. The normalized spacial score (nSPS) is 22.0. The number of amides is 2. The molecule has 1 saturated carbocycles. The molecular formula is C20H18FN5O4. The summed E-state index contributed by atoms with van der Waals surface area (Å²) in [6.45, 7) is 1.42. The molecule has 3 heterocycles. The molecular weight excluding hydrogens is 393 g/mol. The second kappa shape index (κ2) is 6.97. The van der Waals surface area contributed by atoms with Gasteiger partial charge in [0.05, 0.1) is 5.52 Å². The van der Waals surface area contributed by atoms with E-state index in [9.17, 15) is 14.0 Å². The fourth-order valence-corrected chi connectivity index (χ4v) is 4.00. The molecule has 0 bridgehead atoms. The fraction of sp³-hybridized carbons (Fsp3) is 0.300. The van der Waals surface area contributed by atoms with Crippen molar-refractivity contribution >= 4 is 28.7 Å². The van der Waals surface area contributed by atoms with Gasteiger partial charge in [-0.3, -0.25) is 4.79 Å². The number of alkyl carbamates (subject to hydrolysis) is 1. The summed E-state index contributed by atoms with van der Waals surface area (Å²) < 4.78 is 23.3. The third-order valence-electron chi connectivity index (χ3n) is 5.60. The highest BCUT2D eigenvalue weighted by Crippen LogP contribution is 2.46. The molecule has 5 rings (SSSR count). The number of fused-ring (bicyclic) bond motifs is 2. The summed E-state index contributed by atoms with van der Waals surface area (Å²) in [5.74, 6) is 0.751. The van der Waals surface area contributed by atoms with Gasteiger partial charge in [0, 0.05) is 42.4 Å². The number of hydrogen-bond donors (Lipinski definition) is 2. The lowest BCUT2D eigenvalue weighted by Gasteiger charge is -2.21. The van der Waals surface area contributed by atoms with Gasteiger partial charge in [-0.1, -0.05) is 5.16 Å². The van der Waals surface area contributed by atoms with E-state index >= 15 is 0 Å². The second-order valence-corrected chi connectivity index (χ2v) is 7.53. The lowest BCUT2D eigenvalue weighted by atomic mass is 10.2. The SMILES string of the molecule is NC(=O)c1cc(COC(=O)NC2C3CN(c4ccc5cc(F)ccc5n4)CC32)on1. The van der Waals surface area contributed by atoms with Crippen molar-refractivity contribution in [2.24, 2.45) is 17.6 Å². The summed E-state index contributed by atoms with van der Waals surface area (Å²) in [4.78, 5) is 29.8. The van der Waals surface area contributed by atoms with Crippen LogP contribution in [0.2, 0.25) is 0 Å². The van der Waals surface area contributed by atoms with E-state index in [1.165, 1.54) is 18.2 Å². The number of hydrogen-bond acceptors (Lipinski definition) is 7. The Morgan fingerprint density at radius 3 is 2.77 bits per heavy atom. The van der Waals surface area contributed by atoms with Gasteiger partial charge >= 0.3 is 6.09 Å².